The first-order valence-electron chi connectivity index (χ1n) is 6.40. The first-order chi connectivity index (χ1) is 8.83. The molecule has 3 rings (SSSR count). The van der Waals surface area contributed by atoms with Gasteiger partial charge in [-0.1, -0.05) is 12.1 Å². The summed E-state index contributed by atoms with van der Waals surface area (Å²) in [6, 6.07) is 8.59. The average molecular weight is 259 g/mol. The Hall–Kier alpha value is -1.29. The van der Waals surface area contributed by atoms with Gasteiger partial charge >= 0.3 is 0 Å². The van der Waals surface area contributed by atoms with Crippen LogP contribution in [0.3, 0.4) is 0 Å². The van der Waals surface area contributed by atoms with Crippen LogP contribution in [0.15, 0.2) is 24.3 Å². The summed E-state index contributed by atoms with van der Waals surface area (Å²) in [5, 5.41) is 3.55. The van der Waals surface area contributed by atoms with Crippen molar-refractivity contribution in [1.82, 2.24) is 9.97 Å². The van der Waals surface area contributed by atoms with Crippen LogP contribution in [0, 0.1) is 6.92 Å². The SMILES string of the molecule is Cc1nc2ccccc2nc1NC1CCSCC1. The maximum Gasteiger partial charge on any atom is 0.148 e. The van der Waals surface area contributed by atoms with Crippen molar-refractivity contribution in [1.29, 1.82) is 0 Å². The van der Waals surface area contributed by atoms with E-state index in [1.54, 1.807) is 0 Å². The zero-order valence-electron chi connectivity index (χ0n) is 10.5. The van der Waals surface area contributed by atoms with E-state index in [1.165, 1.54) is 24.3 Å². The first kappa shape index (κ1) is 11.8. The van der Waals surface area contributed by atoms with E-state index in [2.05, 4.69) is 15.3 Å². The predicted molar refractivity (Wildman–Crippen MR) is 78.2 cm³/mol. The van der Waals surface area contributed by atoms with Gasteiger partial charge in [0, 0.05) is 6.04 Å². The number of fused-ring (bicyclic) bond motifs is 1. The van der Waals surface area contributed by atoms with Crippen molar-refractivity contribution < 1.29 is 0 Å². The number of nitrogens with zero attached hydrogens (tertiary/aromatic N) is 2. The fraction of sp³-hybridized carbons (Fsp3) is 0.429. The number of para-hydroxylation sites is 2. The molecule has 3 nitrogen and oxygen atoms in total. The number of aromatic nitrogens is 2. The molecular weight excluding hydrogens is 242 g/mol. The molecule has 1 aromatic heterocycles. The van der Waals surface area contributed by atoms with Gasteiger partial charge in [0.15, 0.2) is 0 Å². The van der Waals surface area contributed by atoms with Crippen LogP contribution in [0.4, 0.5) is 5.82 Å². The topological polar surface area (TPSA) is 37.8 Å². The lowest BCUT2D eigenvalue weighted by molar-refractivity contribution is 0.663. The number of rotatable bonds is 2. The summed E-state index contributed by atoms with van der Waals surface area (Å²) < 4.78 is 0. The molecule has 1 aliphatic rings. The van der Waals surface area contributed by atoms with E-state index in [9.17, 15) is 0 Å². The third-order valence-corrected chi connectivity index (χ3v) is 4.36. The second kappa shape index (κ2) is 5.14. The molecule has 0 unspecified atom stereocenters. The second-order valence-electron chi connectivity index (χ2n) is 4.68. The van der Waals surface area contributed by atoms with Gasteiger partial charge in [-0.05, 0) is 43.4 Å². The van der Waals surface area contributed by atoms with E-state index in [-0.39, 0.29) is 0 Å². The summed E-state index contributed by atoms with van der Waals surface area (Å²) in [7, 11) is 0. The molecule has 0 atom stereocenters. The van der Waals surface area contributed by atoms with E-state index < -0.39 is 0 Å². The van der Waals surface area contributed by atoms with Crippen LogP contribution in [0.5, 0.6) is 0 Å². The summed E-state index contributed by atoms with van der Waals surface area (Å²) in [6.07, 6.45) is 2.44. The molecule has 4 heteroatoms. The Balaban J connectivity index is 1.88. The van der Waals surface area contributed by atoms with Crippen LogP contribution in [-0.4, -0.2) is 27.5 Å². The largest absolute Gasteiger partial charge is 0.366 e. The highest BCUT2D eigenvalue weighted by Crippen LogP contribution is 2.22. The van der Waals surface area contributed by atoms with Crippen molar-refractivity contribution >= 4 is 28.6 Å². The van der Waals surface area contributed by atoms with Gasteiger partial charge in [0.25, 0.3) is 0 Å². The predicted octanol–water partition coefficient (Wildman–Crippen LogP) is 3.25. The Morgan fingerprint density at radius 1 is 1.11 bits per heavy atom. The van der Waals surface area contributed by atoms with Gasteiger partial charge in [-0.3, -0.25) is 0 Å². The number of anilines is 1. The Labute approximate surface area is 111 Å². The zero-order valence-corrected chi connectivity index (χ0v) is 11.3. The smallest absolute Gasteiger partial charge is 0.148 e. The fourth-order valence-electron chi connectivity index (χ4n) is 2.26. The van der Waals surface area contributed by atoms with Crippen molar-refractivity contribution in [3.8, 4) is 0 Å². The average Bonchev–Trinajstić information content (AvgIpc) is 2.41. The number of thioether (sulfide) groups is 1. The molecule has 0 saturated carbocycles. The van der Waals surface area contributed by atoms with Gasteiger partial charge in [-0.15, -0.1) is 0 Å². The molecular formula is C14H17N3S. The summed E-state index contributed by atoms with van der Waals surface area (Å²) in [4.78, 5) is 9.30. The quantitative estimate of drug-likeness (QED) is 0.898. The fourth-order valence-corrected chi connectivity index (χ4v) is 3.37. The highest BCUT2D eigenvalue weighted by atomic mass is 32.2. The molecule has 1 aromatic carbocycles. The lowest BCUT2D eigenvalue weighted by Gasteiger charge is -2.23. The van der Waals surface area contributed by atoms with Gasteiger partial charge in [-0.25, -0.2) is 9.97 Å². The van der Waals surface area contributed by atoms with Gasteiger partial charge in [0.2, 0.25) is 0 Å². The molecule has 1 saturated heterocycles. The summed E-state index contributed by atoms with van der Waals surface area (Å²) in [5.74, 6) is 3.45. The lowest BCUT2D eigenvalue weighted by Crippen LogP contribution is -2.25. The summed E-state index contributed by atoms with van der Waals surface area (Å²) >= 11 is 2.04. The highest BCUT2D eigenvalue weighted by molar-refractivity contribution is 7.99. The maximum atomic E-state index is 4.69. The second-order valence-corrected chi connectivity index (χ2v) is 5.90. The van der Waals surface area contributed by atoms with E-state index in [4.69, 9.17) is 0 Å². The molecule has 0 bridgehead atoms. The number of hydrogen-bond donors (Lipinski definition) is 1. The van der Waals surface area contributed by atoms with Crippen LogP contribution >= 0.6 is 11.8 Å². The third kappa shape index (κ3) is 2.43. The molecule has 2 heterocycles. The van der Waals surface area contributed by atoms with Crippen LogP contribution < -0.4 is 5.32 Å². The molecule has 1 aliphatic heterocycles. The standard InChI is InChI=1S/C14H17N3S/c1-10-14(16-11-6-8-18-9-7-11)17-13-5-3-2-4-12(13)15-10/h2-5,11H,6-9H2,1H3,(H,16,17). The van der Waals surface area contributed by atoms with E-state index in [1.807, 2.05) is 43.0 Å². The third-order valence-electron chi connectivity index (χ3n) is 3.31. The van der Waals surface area contributed by atoms with Crippen LogP contribution in [0.25, 0.3) is 11.0 Å². The van der Waals surface area contributed by atoms with E-state index in [0.29, 0.717) is 6.04 Å². The molecule has 2 aromatic rings. The van der Waals surface area contributed by atoms with Gasteiger partial charge in [-0.2, -0.15) is 11.8 Å². The Kier molecular flexibility index (Phi) is 3.37. The molecule has 1 N–H and O–H groups in total. The number of benzene rings is 1. The van der Waals surface area contributed by atoms with Crippen molar-refractivity contribution in [2.75, 3.05) is 16.8 Å². The minimum Gasteiger partial charge on any atom is -0.366 e. The molecule has 18 heavy (non-hydrogen) atoms. The molecule has 1 fully saturated rings. The van der Waals surface area contributed by atoms with E-state index >= 15 is 0 Å². The minimum absolute atomic E-state index is 0.556. The van der Waals surface area contributed by atoms with Gasteiger partial charge < -0.3 is 5.32 Å². The van der Waals surface area contributed by atoms with Crippen molar-refractivity contribution in [2.24, 2.45) is 0 Å². The summed E-state index contributed by atoms with van der Waals surface area (Å²) in [5.41, 5.74) is 2.93. The number of aryl methyl sites for hydroxylation is 1. The lowest BCUT2D eigenvalue weighted by atomic mass is 10.1. The number of nitrogens with one attached hydrogen (secondary N) is 1. The first-order valence-corrected chi connectivity index (χ1v) is 7.56. The highest BCUT2D eigenvalue weighted by Gasteiger charge is 2.15. The van der Waals surface area contributed by atoms with Crippen molar-refractivity contribution in [3.63, 3.8) is 0 Å². The van der Waals surface area contributed by atoms with Gasteiger partial charge in [0.05, 0.1) is 16.7 Å². The van der Waals surface area contributed by atoms with Crippen LogP contribution in [0.2, 0.25) is 0 Å². The monoisotopic (exact) mass is 259 g/mol. The Morgan fingerprint density at radius 2 is 1.78 bits per heavy atom. The molecule has 0 spiro atoms. The van der Waals surface area contributed by atoms with Crippen LogP contribution in [0.1, 0.15) is 18.5 Å². The van der Waals surface area contributed by atoms with Crippen molar-refractivity contribution in [3.05, 3.63) is 30.0 Å². The van der Waals surface area contributed by atoms with Gasteiger partial charge in [0.1, 0.15) is 5.82 Å². The number of hydrogen-bond acceptors (Lipinski definition) is 4. The Morgan fingerprint density at radius 3 is 2.50 bits per heavy atom. The van der Waals surface area contributed by atoms with Crippen LogP contribution in [-0.2, 0) is 0 Å². The molecule has 94 valence electrons. The molecule has 0 aliphatic carbocycles. The normalized spacial score (nSPS) is 16.9. The zero-order chi connectivity index (χ0) is 12.4. The van der Waals surface area contributed by atoms with E-state index in [0.717, 1.165) is 22.5 Å². The molecule has 0 radical (unpaired) electrons. The maximum absolute atomic E-state index is 4.69. The van der Waals surface area contributed by atoms with Crippen molar-refractivity contribution in [2.45, 2.75) is 25.8 Å². The Bertz CT molecular complexity index is 550. The minimum atomic E-state index is 0.556. The summed E-state index contributed by atoms with van der Waals surface area (Å²) in [6.45, 7) is 2.03. The molecule has 0 amide bonds.